The van der Waals surface area contributed by atoms with Crippen molar-refractivity contribution < 1.29 is 9.90 Å². The third kappa shape index (κ3) is 3.08. The van der Waals surface area contributed by atoms with Gasteiger partial charge in [0.1, 0.15) is 17.9 Å². The Labute approximate surface area is 106 Å². The van der Waals surface area contributed by atoms with Gasteiger partial charge in [0.25, 0.3) is 0 Å². The minimum absolute atomic E-state index is 0.259. The zero-order valence-corrected chi connectivity index (χ0v) is 10.4. The largest absolute Gasteiger partial charge is 0.480 e. The Bertz CT molecular complexity index is 518. The summed E-state index contributed by atoms with van der Waals surface area (Å²) in [4.78, 5) is 15.2. The molecule has 5 nitrogen and oxygen atoms in total. The molecule has 0 amide bonds. The highest BCUT2D eigenvalue weighted by Gasteiger charge is 2.18. The quantitative estimate of drug-likeness (QED) is 0.775. The van der Waals surface area contributed by atoms with Crippen molar-refractivity contribution in [3.05, 3.63) is 35.5 Å². The first-order valence-corrected chi connectivity index (χ1v) is 5.48. The summed E-state index contributed by atoms with van der Waals surface area (Å²) >= 11 is 0. The molecule has 1 atom stereocenters. The molecular formula is C13H15N3O2. The molecule has 0 bridgehead atoms. The summed E-state index contributed by atoms with van der Waals surface area (Å²) in [5, 5.41) is 20.9. The van der Waals surface area contributed by atoms with Crippen LogP contribution in [0.1, 0.15) is 23.2 Å². The third-order valence-electron chi connectivity index (χ3n) is 2.47. The minimum Gasteiger partial charge on any atom is -0.480 e. The number of hydrogen-bond acceptors (Lipinski definition) is 4. The molecule has 0 spiro atoms. The van der Waals surface area contributed by atoms with E-state index in [0.29, 0.717) is 11.4 Å². The van der Waals surface area contributed by atoms with Crippen LogP contribution in [-0.2, 0) is 4.79 Å². The molecule has 0 radical (unpaired) electrons. The van der Waals surface area contributed by atoms with E-state index in [9.17, 15) is 4.79 Å². The molecule has 18 heavy (non-hydrogen) atoms. The Hall–Kier alpha value is -2.35. The fourth-order valence-electron chi connectivity index (χ4n) is 1.64. The number of hydrogen-bond donors (Lipinski definition) is 2. The smallest absolute Gasteiger partial charge is 0.326 e. The number of pyridine rings is 1. The lowest BCUT2D eigenvalue weighted by atomic mass is 10.1. The molecule has 1 aromatic rings. The maximum Gasteiger partial charge on any atom is 0.326 e. The number of nitriles is 1. The van der Waals surface area contributed by atoms with Gasteiger partial charge in [-0.3, -0.25) is 0 Å². The van der Waals surface area contributed by atoms with Crippen LogP contribution in [0.2, 0.25) is 0 Å². The van der Waals surface area contributed by atoms with Crippen LogP contribution in [0.5, 0.6) is 0 Å². The Kier molecular flexibility index (Phi) is 4.44. The van der Waals surface area contributed by atoms with E-state index >= 15 is 0 Å². The lowest BCUT2D eigenvalue weighted by molar-refractivity contribution is -0.137. The molecule has 94 valence electrons. The lowest BCUT2D eigenvalue weighted by Gasteiger charge is -2.15. The van der Waals surface area contributed by atoms with Crippen molar-refractivity contribution in [2.24, 2.45) is 0 Å². The summed E-state index contributed by atoms with van der Waals surface area (Å²) in [6.07, 6.45) is 1.77. The summed E-state index contributed by atoms with van der Waals surface area (Å²) in [7, 11) is 0. The summed E-state index contributed by atoms with van der Waals surface area (Å²) in [6.45, 7) is 7.10. The Morgan fingerprint density at radius 3 is 2.89 bits per heavy atom. The van der Waals surface area contributed by atoms with E-state index in [1.807, 2.05) is 6.07 Å². The topological polar surface area (TPSA) is 86.0 Å². The van der Waals surface area contributed by atoms with E-state index in [1.54, 1.807) is 19.9 Å². The number of anilines is 1. The average molecular weight is 245 g/mol. The number of carboxylic acid groups (broad SMARTS) is 1. The van der Waals surface area contributed by atoms with Gasteiger partial charge in [-0.1, -0.05) is 6.08 Å². The maximum atomic E-state index is 11.0. The summed E-state index contributed by atoms with van der Waals surface area (Å²) in [6, 6.07) is 2.99. The molecule has 0 aliphatic rings. The van der Waals surface area contributed by atoms with Crippen molar-refractivity contribution in [2.45, 2.75) is 26.3 Å². The van der Waals surface area contributed by atoms with Crippen molar-refractivity contribution in [1.29, 1.82) is 5.26 Å². The van der Waals surface area contributed by atoms with E-state index < -0.39 is 12.0 Å². The van der Waals surface area contributed by atoms with Gasteiger partial charge in [0.15, 0.2) is 0 Å². The van der Waals surface area contributed by atoms with E-state index in [4.69, 9.17) is 10.4 Å². The average Bonchev–Trinajstić information content (AvgIpc) is 2.27. The van der Waals surface area contributed by atoms with Gasteiger partial charge >= 0.3 is 5.97 Å². The van der Waals surface area contributed by atoms with Gasteiger partial charge in [-0.05, 0) is 31.9 Å². The normalized spacial score (nSPS) is 11.4. The minimum atomic E-state index is -1.00. The molecule has 0 saturated carbocycles. The van der Waals surface area contributed by atoms with Crippen LogP contribution in [0.15, 0.2) is 18.7 Å². The molecule has 1 aromatic heterocycles. The van der Waals surface area contributed by atoms with E-state index in [1.165, 1.54) is 6.08 Å². The second kappa shape index (κ2) is 5.82. The zero-order valence-electron chi connectivity index (χ0n) is 10.4. The number of nitrogens with zero attached hydrogens (tertiary/aromatic N) is 2. The first-order valence-electron chi connectivity index (χ1n) is 5.48. The second-order valence-electron chi connectivity index (χ2n) is 3.98. The Morgan fingerprint density at radius 2 is 2.39 bits per heavy atom. The van der Waals surface area contributed by atoms with Crippen LogP contribution in [-0.4, -0.2) is 22.1 Å². The van der Waals surface area contributed by atoms with Crippen molar-refractivity contribution in [2.75, 3.05) is 5.32 Å². The Morgan fingerprint density at radius 1 is 1.72 bits per heavy atom. The van der Waals surface area contributed by atoms with Gasteiger partial charge < -0.3 is 10.4 Å². The standard InChI is InChI=1S/C13H15N3O2/c1-4-5-11(13(17)18)16-12-10(7-14)8(2)6-9(3)15-12/h4,6,11H,1,5H2,2-3H3,(H,15,16)(H,17,18). The van der Waals surface area contributed by atoms with E-state index in [0.717, 1.165) is 11.3 Å². The van der Waals surface area contributed by atoms with Crippen LogP contribution in [0, 0.1) is 25.2 Å². The zero-order chi connectivity index (χ0) is 13.7. The van der Waals surface area contributed by atoms with Crippen LogP contribution in [0.25, 0.3) is 0 Å². The molecular weight excluding hydrogens is 230 g/mol. The Balaban J connectivity index is 3.13. The first kappa shape index (κ1) is 13.7. The summed E-state index contributed by atoms with van der Waals surface area (Å²) in [5.41, 5.74) is 1.88. The fourth-order valence-corrected chi connectivity index (χ4v) is 1.64. The molecule has 0 aliphatic heterocycles. The molecule has 1 heterocycles. The molecule has 0 aliphatic carbocycles. The van der Waals surface area contributed by atoms with E-state index in [-0.39, 0.29) is 6.42 Å². The summed E-state index contributed by atoms with van der Waals surface area (Å²) in [5.74, 6) is -0.691. The molecule has 2 N–H and O–H groups in total. The number of carbonyl (C=O) groups is 1. The predicted molar refractivity (Wildman–Crippen MR) is 68.3 cm³/mol. The van der Waals surface area contributed by atoms with Crippen LogP contribution in [0.3, 0.4) is 0 Å². The van der Waals surface area contributed by atoms with Gasteiger partial charge in [0.05, 0.1) is 5.56 Å². The molecule has 1 rings (SSSR count). The number of aliphatic carboxylic acids is 1. The van der Waals surface area contributed by atoms with Gasteiger partial charge in [0, 0.05) is 5.69 Å². The van der Waals surface area contributed by atoms with Crippen molar-refractivity contribution in [3.8, 4) is 6.07 Å². The van der Waals surface area contributed by atoms with Gasteiger partial charge in [-0.15, -0.1) is 6.58 Å². The van der Waals surface area contributed by atoms with Crippen molar-refractivity contribution >= 4 is 11.8 Å². The highest BCUT2D eigenvalue weighted by Crippen LogP contribution is 2.19. The highest BCUT2D eigenvalue weighted by molar-refractivity contribution is 5.78. The lowest BCUT2D eigenvalue weighted by Crippen LogP contribution is -2.29. The molecule has 1 unspecified atom stereocenters. The van der Waals surface area contributed by atoms with Crippen molar-refractivity contribution in [3.63, 3.8) is 0 Å². The van der Waals surface area contributed by atoms with Crippen molar-refractivity contribution in [1.82, 2.24) is 4.98 Å². The third-order valence-corrected chi connectivity index (χ3v) is 2.47. The molecule has 5 heteroatoms. The van der Waals surface area contributed by atoms with E-state index in [2.05, 4.69) is 16.9 Å². The molecule has 0 fully saturated rings. The monoisotopic (exact) mass is 245 g/mol. The van der Waals surface area contributed by atoms with Gasteiger partial charge in [-0.25, -0.2) is 9.78 Å². The number of rotatable bonds is 5. The summed E-state index contributed by atoms with van der Waals surface area (Å²) < 4.78 is 0. The SMILES string of the molecule is C=CCC(Nc1nc(C)cc(C)c1C#N)C(=O)O. The number of carboxylic acids is 1. The van der Waals surface area contributed by atoms with Gasteiger partial charge in [0.2, 0.25) is 0 Å². The van der Waals surface area contributed by atoms with Crippen LogP contribution >= 0.6 is 0 Å². The molecule has 0 aromatic carbocycles. The molecule has 0 saturated heterocycles. The number of nitrogens with one attached hydrogen (secondary N) is 1. The highest BCUT2D eigenvalue weighted by atomic mass is 16.4. The maximum absolute atomic E-state index is 11.0. The first-order chi connectivity index (χ1) is 8.49. The van der Waals surface area contributed by atoms with Crippen LogP contribution < -0.4 is 5.32 Å². The van der Waals surface area contributed by atoms with Gasteiger partial charge in [-0.2, -0.15) is 5.26 Å². The predicted octanol–water partition coefficient (Wildman–Crippen LogP) is 2.01. The van der Waals surface area contributed by atoms with Crippen LogP contribution in [0.4, 0.5) is 5.82 Å². The number of aromatic nitrogens is 1. The fraction of sp³-hybridized carbons (Fsp3) is 0.308. The second-order valence-corrected chi connectivity index (χ2v) is 3.98. The number of aryl methyl sites for hydroxylation is 2.